The van der Waals surface area contributed by atoms with Gasteiger partial charge in [0.25, 0.3) is 11.8 Å². The molecule has 1 aliphatic rings. The number of aryl methyl sites for hydroxylation is 4. The summed E-state index contributed by atoms with van der Waals surface area (Å²) in [5.41, 5.74) is 6.06. The van der Waals surface area contributed by atoms with Crippen LogP contribution in [0.4, 0.5) is 0 Å². The van der Waals surface area contributed by atoms with Crippen LogP contribution in [0.25, 0.3) is 0 Å². The molecule has 3 rings (SSSR count). The Balaban J connectivity index is 1.71. The maximum absolute atomic E-state index is 12.9. The monoisotopic (exact) mass is 364 g/mol. The second-order valence-corrected chi connectivity index (χ2v) is 7.70. The van der Waals surface area contributed by atoms with Crippen molar-refractivity contribution in [3.8, 4) is 0 Å². The largest absolute Gasteiger partial charge is 0.335 e. The molecule has 142 valence electrons. The highest BCUT2D eigenvalue weighted by molar-refractivity contribution is 5.96. The van der Waals surface area contributed by atoms with Gasteiger partial charge >= 0.3 is 0 Å². The van der Waals surface area contributed by atoms with Gasteiger partial charge in [0.2, 0.25) is 0 Å². The summed E-state index contributed by atoms with van der Waals surface area (Å²) in [6.07, 6.45) is 0. The number of hydrogen-bond acceptors (Lipinski definition) is 2. The summed E-state index contributed by atoms with van der Waals surface area (Å²) in [5, 5.41) is 0. The molecule has 2 aromatic rings. The molecule has 1 fully saturated rings. The summed E-state index contributed by atoms with van der Waals surface area (Å²) in [5.74, 6) is 0.0899. The van der Waals surface area contributed by atoms with Gasteiger partial charge in [0.1, 0.15) is 0 Å². The number of carbonyl (C=O) groups is 2. The van der Waals surface area contributed by atoms with Crippen molar-refractivity contribution in [3.05, 3.63) is 69.8 Å². The molecule has 1 saturated heterocycles. The van der Waals surface area contributed by atoms with Crippen molar-refractivity contribution >= 4 is 11.8 Å². The number of rotatable bonds is 2. The maximum atomic E-state index is 12.9. The molecule has 2 amide bonds. The molecule has 0 unspecified atom stereocenters. The van der Waals surface area contributed by atoms with Gasteiger partial charge in [0.05, 0.1) is 0 Å². The number of hydrogen-bond donors (Lipinski definition) is 0. The average molecular weight is 364 g/mol. The van der Waals surface area contributed by atoms with E-state index in [0.717, 1.165) is 22.3 Å². The Hall–Kier alpha value is -2.62. The minimum absolute atomic E-state index is 0.0108. The smallest absolute Gasteiger partial charge is 0.254 e. The number of amides is 2. The molecule has 2 aromatic carbocycles. The van der Waals surface area contributed by atoms with Crippen LogP contribution < -0.4 is 0 Å². The zero-order valence-electron chi connectivity index (χ0n) is 16.9. The fourth-order valence-electron chi connectivity index (χ4n) is 3.54. The second-order valence-electron chi connectivity index (χ2n) is 7.70. The van der Waals surface area contributed by atoms with E-state index in [1.807, 2.05) is 80.8 Å². The predicted octanol–water partition coefficient (Wildman–Crippen LogP) is 3.91. The topological polar surface area (TPSA) is 40.6 Å². The predicted molar refractivity (Wildman–Crippen MR) is 108 cm³/mol. The highest BCUT2D eigenvalue weighted by Gasteiger charge is 2.30. The van der Waals surface area contributed by atoms with Gasteiger partial charge in [0.15, 0.2) is 0 Å². The lowest BCUT2D eigenvalue weighted by atomic mass is 10.0. The summed E-state index contributed by atoms with van der Waals surface area (Å²) in [7, 11) is 0. The lowest BCUT2D eigenvalue weighted by Crippen LogP contribution is -2.55. The third-order valence-corrected chi connectivity index (χ3v) is 5.68. The Morgan fingerprint density at radius 2 is 1.30 bits per heavy atom. The van der Waals surface area contributed by atoms with E-state index in [1.54, 1.807) is 0 Å². The summed E-state index contributed by atoms with van der Waals surface area (Å²) < 4.78 is 0. The highest BCUT2D eigenvalue weighted by Crippen LogP contribution is 2.19. The Bertz CT molecular complexity index is 888. The molecule has 0 N–H and O–H groups in total. The Morgan fingerprint density at radius 3 is 1.78 bits per heavy atom. The highest BCUT2D eigenvalue weighted by atomic mass is 16.2. The van der Waals surface area contributed by atoms with Crippen LogP contribution >= 0.6 is 0 Å². The minimum Gasteiger partial charge on any atom is -0.335 e. The lowest BCUT2D eigenvalue weighted by Gasteiger charge is -2.40. The van der Waals surface area contributed by atoms with Crippen LogP contribution in [0.15, 0.2) is 36.4 Å². The van der Waals surface area contributed by atoms with Crippen molar-refractivity contribution in [1.82, 2.24) is 9.80 Å². The van der Waals surface area contributed by atoms with Crippen LogP contribution in [0, 0.1) is 27.7 Å². The Morgan fingerprint density at radius 1 is 0.778 bits per heavy atom. The van der Waals surface area contributed by atoms with E-state index < -0.39 is 0 Å². The molecule has 1 atom stereocenters. The van der Waals surface area contributed by atoms with E-state index in [4.69, 9.17) is 0 Å². The molecule has 0 bridgehead atoms. The Labute approximate surface area is 161 Å². The number of carbonyl (C=O) groups excluding carboxylic acids is 2. The first-order chi connectivity index (χ1) is 12.8. The van der Waals surface area contributed by atoms with Crippen molar-refractivity contribution < 1.29 is 9.59 Å². The van der Waals surface area contributed by atoms with E-state index >= 15 is 0 Å². The lowest BCUT2D eigenvalue weighted by molar-refractivity contribution is 0.0414. The first-order valence-electron chi connectivity index (χ1n) is 9.52. The van der Waals surface area contributed by atoms with Crippen LogP contribution in [0.5, 0.6) is 0 Å². The number of benzene rings is 2. The third kappa shape index (κ3) is 3.90. The molecular weight excluding hydrogens is 336 g/mol. The molecule has 0 aromatic heterocycles. The van der Waals surface area contributed by atoms with Gasteiger partial charge in [-0.3, -0.25) is 9.59 Å². The van der Waals surface area contributed by atoms with Crippen LogP contribution in [-0.4, -0.2) is 47.3 Å². The molecule has 1 heterocycles. The van der Waals surface area contributed by atoms with Crippen molar-refractivity contribution in [2.24, 2.45) is 0 Å². The SMILES string of the molecule is Cc1ccc(C(=O)N2CCN(C(=O)c3ccc(C)c(C)c3)[C@H](C)C2)cc1C. The van der Waals surface area contributed by atoms with Crippen LogP contribution in [0.3, 0.4) is 0 Å². The number of nitrogens with zero attached hydrogens (tertiary/aromatic N) is 2. The van der Waals surface area contributed by atoms with E-state index in [0.29, 0.717) is 19.6 Å². The van der Waals surface area contributed by atoms with Gasteiger partial charge in [-0.05, 0) is 81.1 Å². The summed E-state index contributed by atoms with van der Waals surface area (Å²) in [6, 6.07) is 11.7. The molecule has 27 heavy (non-hydrogen) atoms. The van der Waals surface area contributed by atoms with Gasteiger partial charge < -0.3 is 9.80 Å². The van der Waals surface area contributed by atoms with E-state index in [-0.39, 0.29) is 17.9 Å². The van der Waals surface area contributed by atoms with E-state index in [9.17, 15) is 9.59 Å². The number of piperazine rings is 1. The zero-order valence-corrected chi connectivity index (χ0v) is 16.9. The van der Waals surface area contributed by atoms with E-state index in [1.165, 1.54) is 11.1 Å². The molecule has 0 spiro atoms. The molecule has 1 aliphatic heterocycles. The van der Waals surface area contributed by atoms with Gasteiger partial charge in [0, 0.05) is 36.8 Å². The fourth-order valence-corrected chi connectivity index (χ4v) is 3.54. The maximum Gasteiger partial charge on any atom is 0.254 e. The van der Waals surface area contributed by atoms with Gasteiger partial charge in [-0.25, -0.2) is 0 Å². The first-order valence-corrected chi connectivity index (χ1v) is 9.52. The third-order valence-electron chi connectivity index (χ3n) is 5.68. The van der Waals surface area contributed by atoms with E-state index in [2.05, 4.69) is 0 Å². The standard InChI is InChI=1S/C23H28N2O2/c1-15-6-8-20(12-17(15)3)22(26)24-10-11-25(19(5)14-24)23(27)21-9-7-16(2)18(4)13-21/h6-9,12-13,19H,10-11,14H2,1-5H3/t19-/m1/s1. The van der Waals surface area contributed by atoms with Crippen LogP contribution in [0.2, 0.25) is 0 Å². The normalized spacial score (nSPS) is 17.1. The molecule has 0 saturated carbocycles. The van der Waals surface area contributed by atoms with Crippen molar-refractivity contribution in [2.45, 2.75) is 40.7 Å². The van der Waals surface area contributed by atoms with Crippen LogP contribution in [0.1, 0.15) is 49.9 Å². The molecule has 0 aliphatic carbocycles. The Kier molecular flexibility index (Phi) is 5.36. The quantitative estimate of drug-likeness (QED) is 0.811. The molecular formula is C23H28N2O2. The van der Waals surface area contributed by atoms with Gasteiger partial charge in [-0.1, -0.05) is 12.1 Å². The van der Waals surface area contributed by atoms with Crippen molar-refractivity contribution in [2.75, 3.05) is 19.6 Å². The zero-order chi connectivity index (χ0) is 19.7. The molecule has 4 nitrogen and oxygen atoms in total. The summed E-state index contributed by atoms with van der Waals surface area (Å²) >= 11 is 0. The van der Waals surface area contributed by atoms with Gasteiger partial charge in [-0.2, -0.15) is 0 Å². The van der Waals surface area contributed by atoms with Crippen molar-refractivity contribution in [1.29, 1.82) is 0 Å². The minimum atomic E-state index is -0.0108. The summed E-state index contributed by atoms with van der Waals surface area (Å²) in [6.45, 7) is 11.8. The van der Waals surface area contributed by atoms with Crippen molar-refractivity contribution in [3.63, 3.8) is 0 Å². The van der Waals surface area contributed by atoms with Gasteiger partial charge in [-0.15, -0.1) is 0 Å². The fraction of sp³-hybridized carbons (Fsp3) is 0.391. The molecule has 0 radical (unpaired) electrons. The second kappa shape index (κ2) is 7.55. The van der Waals surface area contributed by atoms with Crippen LogP contribution in [-0.2, 0) is 0 Å². The summed E-state index contributed by atoms with van der Waals surface area (Å²) in [4.78, 5) is 29.5. The first kappa shape index (κ1) is 19.2. The average Bonchev–Trinajstić information content (AvgIpc) is 2.65. The molecule has 4 heteroatoms.